The second-order valence-electron chi connectivity index (χ2n) is 5.75. The molecule has 1 amide bonds. The molecular formula is C18H18FN3O2S. The number of nitrogens with two attached hydrogens (primary N) is 1. The zero-order valence-electron chi connectivity index (χ0n) is 13.7. The van der Waals surface area contributed by atoms with Gasteiger partial charge < -0.3 is 10.5 Å². The van der Waals surface area contributed by atoms with E-state index >= 15 is 0 Å². The summed E-state index contributed by atoms with van der Waals surface area (Å²) in [4.78, 5) is 19.2. The molecule has 130 valence electrons. The standard InChI is InChI=1S/C18H18FN3O2S/c1-11-2-5-13(21-16(11)19)8-9-24-14-6-3-12(4-7-14)10-15-17(23)22-18(20)25-15/h2-7,15H,8-10H2,1H3,(H2,20,22,23). The van der Waals surface area contributed by atoms with E-state index in [0.29, 0.717) is 35.9 Å². The number of amides is 1. The molecule has 1 aliphatic heterocycles. The second kappa shape index (κ2) is 7.65. The van der Waals surface area contributed by atoms with Crippen molar-refractivity contribution in [2.45, 2.75) is 25.0 Å². The van der Waals surface area contributed by atoms with E-state index in [1.165, 1.54) is 11.8 Å². The van der Waals surface area contributed by atoms with Gasteiger partial charge in [-0.3, -0.25) is 4.79 Å². The first kappa shape index (κ1) is 17.4. The number of pyridine rings is 1. The predicted molar refractivity (Wildman–Crippen MR) is 96.3 cm³/mol. The van der Waals surface area contributed by atoms with Gasteiger partial charge in [-0.15, -0.1) is 0 Å². The van der Waals surface area contributed by atoms with Crippen molar-refractivity contribution in [3.05, 3.63) is 59.2 Å². The minimum atomic E-state index is -0.439. The molecule has 0 saturated heterocycles. The number of ether oxygens (including phenoxy) is 1. The summed E-state index contributed by atoms with van der Waals surface area (Å²) in [6.45, 7) is 2.10. The SMILES string of the molecule is Cc1ccc(CCOc2ccc(CC3SC(N)=NC3=O)cc2)nc1F. The van der Waals surface area contributed by atoms with Gasteiger partial charge in [0.15, 0.2) is 5.17 Å². The Labute approximate surface area is 149 Å². The highest BCUT2D eigenvalue weighted by Gasteiger charge is 2.26. The predicted octanol–water partition coefficient (Wildman–Crippen LogP) is 2.65. The third-order valence-electron chi connectivity index (χ3n) is 3.82. The highest BCUT2D eigenvalue weighted by atomic mass is 32.2. The largest absolute Gasteiger partial charge is 0.493 e. The summed E-state index contributed by atoms with van der Waals surface area (Å²) in [7, 11) is 0. The average molecular weight is 359 g/mol. The van der Waals surface area contributed by atoms with Crippen LogP contribution in [0, 0.1) is 12.9 Å². The number of aryl methyl sites for hydroxylation is 1. The fourth-order valence-corrected chi connectivity index (χ4v) is 3.29. The van der Waals surface area contributed by atoms with Gasteiger partial charge in [0.1, 0.15) is 5.75 Å². The molecular weight excluding hydrogens is 341 g/mol. The van der Waals surface area contributed by atoms with Gasteiger partial charge in [-0.2, -0.15) is 9.38 Å². The molecule has 0 bridgehead atoms. The number of hydrogen-bond donors (Lipinski definition) is 1. The number of carbonyl (C=O) groups excluding carboxylic acids is 1. The zero-order valence-corrected chi connectivity index (χ0v) is 14.6. The van der Waals surface area contributed by atoms with Crippen molar-refractivity contribution in [3.63, 3.8) is 0 Å². The monoisotopic (exact) mass is 359 g/mol. The van der Waals surface area contributed by atoms with Crippen molar-refractivity contribution >= 4 is 22.8 Å². The normalized spacial score (nSPS) is 16.8. The fourth-order valence-electron chi connectivity index (χ4n) is 2.42. The van der Waals surface area contributed by atoms with E-state index in [0.717, 1.165) is 11.3 Å². The summed E-state index contributed by atoms with van der Waals surface area (Å²) < 4.78 is 19.1. The fraction of sp³-hybridized carbons (Fsp3) is 0.278. The number of halogens is 1. The van der Waals surface area contributed by atoms with E-state index in [4.69, 9.17) is 10.5 Å². The molecule has 1 atom stereocenters. The van der Waals surface area contributed by atoms with Crippen molar-refractivity contribution < 1.29 is 13.9 Å². The van der Waals surface area contributed by atoms with E-state index in [9.17, 15) is 9.18 Å². The second-order valence-corrected chi connectivity index (χ2v) is 6.97. The summed E-state index contributed by atoms with van der Waals surface area (Å²) >= 11 is 1.30. The number of thioether (sulfide) groups is 1. The lowest BCUT2D eigenvalue weighted by Crippen LogP contribution is -2.14. The molecule has 1 unspecified atom stereocenters. The Balaban J connectivity index is 1.49. The Morgan fingerprint density at radius 2 is 2.00 bits per heavy atom. The third kappa shape index (κ3) is 4.57. The molecule has 2 N–H and O–H groups in total. The Morgan fingerprint density at radius 3 is 2.64 bits per heavy atom. The van der Waals surface area contributed by atoms with Crippen molar-refractivity contribution in [3.8, 4) is 5.75 Å². The summed E-state index contributed by atoms with van der Waals surface area (Å²) in [5.41, 5.74) is 7.77. The van der Waals surface area contributed by atoms with Crippen LogP contribution in [0.4, 0.5) is 4.39 Å². The van der Waals surface area contributed by atoms with Gasteiger partial charge in [-0.25, -0.2) is 4.98 Å². The Kier molecular flexibility index (Phi) is 5.33. The highest BCUT2D eigenvalue weighted by molar-refractivity contribution is 8.15. The van der Waals surface area contributed by atoms with Gasteiger partial charge in [0, 0.05) is 17.7 Å². The third-order valence-corrected chi connectivity index (χ3v) is 4.81. The number of carbonyl (C=O) groups is 1. The molecule has 0 fully saturated rings. The summed E-state index contributed by atoms with van der Waals surface area (Å²) in [5.74, 6) is 0.101. The van der Waals surface area contributed by atoms with Crippen LogP contribution >= 0.6 is 11.8 Å². The van der Waals surface area contributed by atoms with Crippen molar-refractivity contribution in [1.82, 2.24) is 4.98 Å². The van der Waals surface area contributed by atoms with Crippen LogP contribution in [0.3, 0.4) is 0 Å². The lowest BCUT2D eigenvalue weighted by Gasteiger charge is -2.09. The van der Waals surface area contributed by atoms with Gasteiger partial charge in [-0.1, -0.05) is 30.0 Å². The van der Waals surface area contributed by atoms with Crippen LogP contribution in [0.5, 0.6) is 5.75 Å². The Morgan fingerprint density at radius 1 is 1.24 bits per heavy atom. The smallest absolute Gasteiger partial charge is 0.261 e. The summed E-state index contributed by atoms with van der Waals surface area (Å²) in [6.07, 6.45) is 1.11. The van der Waals surface area contributed by atoms with Crippen molar-refractivity contribution in [1.29, 1.82) is 0 Å². The number of rotatable bonds is 6. The number of amidine groups is 1. The number of aliphatic imine (C=N–C) groups is 1. The maximum atomic E-state index is 13.4. The van der Waals surface area contributed by atoms with E-state index < -0.39 is 5.95 Å². The highest BCUT2D eigenvalue weighted by Crippen LogP contribution is 2.24. The summed E-state index contributed by atoms with van der Waals surface area (Å²) in [6, 6.07) is 11.1. The van der Waals surface area contributed by atoms with Gasteiger partial charge in [-0.05, 0) is 37.1 Å². The van der Waals surface area contributed by atoms with Crippen molar-refractivity contribution in [2.75, 3.05) is 6.61 Å². The van der Waals surface area contributed by atoms with Crippen LogP contribution in [-0.4, -0.2) is 27.9 Å². The quantitative estimate of drug-likeness (QED) is 0.803. The molecule has 0 radical (unpaired) electrons. The average Bonchev–Trinajstić information content (AvgIpc) is 2.90. The van der Waals surface area contributed by atoms with Gasteiger partial charge in [0.2, 0.25) is 5.95 Å². The van der Waals surface area contributed by atoms with Gasteiger partial charge >= 0.3 is 0 Å². The molecule has 25 heavy (non-hydrogen) atoms. The molecule has 0 saturated carbocycles. The Bertz CT molecular complexity index is 808. The maximum absolute atomic E-state index is 13.4. The molecule has 7 heteroatoms. The van der Waals surface area contributed by atoms with Gasteiger partial charge in [0.05, 0.1) is 11.9 Å². The van der Waals surface area contributed by atoms with Crippen molar-refractivity contribution in [2.24, 2.45) is 10.7 Å². The first-order valence-electron chi connectivity index (χ1n) is 7.89. The molecule has 2 aromatic rings. The van der Waals surface area contributed by atoms with Gasteiger partial charge in [0.25, 0.3) is 5.91 Å². The van der Waals surface area contributed by atoms with Crippen LogP contribution < -0.4 is 10.5 Å². The molecule has 1 aromatic heterocycles. The Hall–Kier alpha value is -2.41. The number of nitrogens with zero attached hydrogens (tertiary/aromatic N) is 2. The first-order valence-corrected chi connectivity index (χ1v) is 8.77. The zero-order chi connectivity index (χ0) is 17.8. The first-order chi connectivity index (χ1) is 12.0. The van der Waals surface area contributed by atoms with Crippen LogP contribution in [0.25, 0.3) is 0 Å². The molecule has 1 aromatic carbocycles. The lowest BCUT2D eigenvalue weighted by atomic mass is 10.1. The van der Waals surface area contributed by atoms with Crippen LogP contribution in [0.1, 0.15) is 16.8 Å². The van der Waals surface area contributed by atoms with E-state index in [1.807, 2.05) is 24.3 Å². The summed E-state index contributed by atoms with van der Waals surface area (Å²) in [5, 5.41) is 0.0883. The van der Waals surface area contributed by atoms with E-state index in [-0.39, 0.29) is 11.2 Å². The molecule has 0 aliphatic carbocycles. The lowest BCUT2D eigenvalue weighted by molar-refractivity contribution is -0.117. The van der Waals surface area contributed by atoms with Crippen LogP contribution in [-0.2, 0) is 17.6 Å². The molecule has 0 spiro atoms. The van der Waals surface area contributed by atoms with Crippen LogP contribution in [0.15, 0.2) is 41.4 Å². The number of hydrogen-bond acceptors (Lipinski definition) is 5. The maximum Gasteiger partial charge on any atom is 0.261 e. The molecule has 1 aliphatic rings. The molecule has 5 nitrogen and oxygen atoms in total. The topological polar surface area (TPSA) is 77.6 Å². The molecule has 3 rings (SSSR count). The van der Waals surface area contributed by atoms with E-state index in [2.05, 4.69) is 9.98 Å². The number of aromatic nitrogens is 1. The molecule has 2 heterocycles. The van der Waals surface area contributed by atoms with E-state index in [1.54, 1.807) is 19.1 Å². The van der Waals surface area contributed by atoms with Crippen LogP contribution in [0.2, 0.25) is 0 Å². The minimum absolute atomic E-state index is 0.180. The minimum Gasteiger partial charge on any atom is -0.493 e. The number of benzene rings is 1.